The second kappa shape index (κ2) is 4.47. The van der Waals surface area contributed by atoms with Gasteiger partial charge in [0.2, 0.25) is 0 Å². The molecule has 0 atom stereocenters. The van der Waals surface area contributed by atoms with E-state index >= 15 is 0 Å². The summed E-state index contributed by atoms with van der Waals surface area (Å²) >= 11 is 1.07. The first-order valence-corrected chi connectivity index (χ1v) is 4.81. The molecule has 1 N–H and O–H groups in total. The third-order valence-electron chi connectivity index (χ3n) is 1.64. The molecule has 1 fully saturated rings. The Balaban J connectivity index is 2.41. The molecule has 0 bridgehead atoms. The summed E-state index contributed by atoms with van der Waals surface area (Å²) in [5.41, 5.74) is 0. The highest BCUT2D eigenvalue weighted by atomic mass is 32.2. The van der Waals surface area contributed by atoms with E-state index in [0.717, 1.165) is 11.8 Å². The lowest BCUT2D eigenvalue weighted by Crippen LogP contribution is -2.41. The fourth-order valence-corrected chi connectivity index (χ4v) is 1.77. The highest BCUT2D eigenvalue weighted by Gasteiger charge is 2.26. The van der Waals surface area contributed by atoms with Crippen LogP contribution in [-0.4, -0.2) is 46.5 Å². The van der Waals surface area contributed by atoms with Crippen LogP contribution in [0.25, 0.3) is 0 Å². The summed E-state index contributed by atoms with van der Waals surface area (Å²) in [6.45, 7) is 1.17. The molecule has 5 heteroatoms. The third kappa shape index (κ3) is 2.22. The number of carbonyl (C=O) groups excluding carboxylic acids is 2. The van der Waals surface area contributed by atoms with Gasteiger partial charge in [-0.2, -0.15) is 0 Å². The van der Waals surface area contributed by atoms with Crippen LogP contribution < -0.4 is 0 Å². The molecule has 12 heavy (non-hydrogen) atoms. The second-order valence-corrected chi connectivity index (χ2v) is 3.57. The predicted octanol–water partition coefficient (Wildman–Crippen LogP) is -0.529. The summed E-state index contributed by atoms with van der Waals surface area (Å²) in [4.78, 5) is 23.5. The SMILES string of the molecule is O=C1SCCN(CCCO)C1=O. The van der Waals surface area contributed by atoms with E-state index < -0.39 is 5.91 Å². The summed E-state index contributed by atoms with van der Waals surface area (Å²) in [5, 5.41) is 8.15. The van der Waals surface area contributed by atoms with Crippen molar-refractivity contribution < 1.29 is 14.7 Å². The molecular weight excluding hydrogens is 178 g/mol. The standard InChI is InChI=1S/C7H11NO3S/c9-4-1-2-8-3-5-12-7(11)6(8)10/h9H,1-5H2. The van der Waals surface area contributed by atoms with Crippen LogP contribution in [0.3, 0.4) is 0 Å². The van der Waals surface area contributed by atoms with E-state index in [9.17, 15) is 9.59 Å². The van der Waals surface area contributed by atoms with Gasteiger partial charge in [0.05, 0.1) is 0 Å². The summed E-state index contributed by atoms with van der Waals surface area (Å²) in [6, 6.07) is 0. The minimum absolute atomic E-state index is 0.0606. The van der Waals surface area contributed by atoms with E-state index in [-0.39, 0.29) is 11.7 Å². The predicted molar refractivity (Wildman–Crippen MR) is 45.7 cm³/mol. The summed E-state index contributed by atoms with van der Waals surface area (Å²) in [7, 11) is 0. The largest absolute Gasteiger partial charge is 0.396 e. The molecule has 1 saturated heterocycles. The van der Waals surface area contributed by atoms with Crippen LogP contribution in [0.5, 0.6) is 0 Å². The molecule has 0 aromatic rings. The maximum Gasteiger partial charge on any atom is 0.301 e. The van der Waals surface area contributed by atoms with Crippen molar-refractivity contribution in [1.82, 2.24) is 4.90 Å². The van der Waals surface area contributed by atoms with Gasteiger partial charge in [0.1, 0.15) is 0 Å². The average Bonchev–Trinajstić information content (AvgIpc) is 2.08. The number of aliphatic hydroxyl groups is 1. The Morgan fingerprint density at radius 2 is 2.25 bits per heavy atom. The summed E-state index contributed by atoms with van der Waals surface area (Å²) in [5.74, 6) is 0.260. The number of rotatable bonds is 3. The van der Waals surface area contributed by atoms with Crippen molar-refractivity contribution in [2.75, 3.05) is 25.4 Å². The molecule has 68 valence electrons. The monoisotopic (exact) mass is 189 g/mol. The van der Waals surface area contributed by atoms with Crippen LogP contribution in [-0.2, 0) is 9.59 Å². The van der Waals surface area contributed by atoms with Crippen LogP contribution in [0.2, 0.25) is 0 Å². The molecule has 0 saturated carbocycles. The van der Waals surface area contributed by atoms with Crippen molar-refractivity contribution >= 4 is 22.8 Å². The molecule has 1 amide bonds. The average molecular weight is 189 g/mol. The topological polar surface area (TPSA) is 57.6 Å². The molecule has 0 aromatic heterocycles. The van der Waals surface area contributed by atoms with Gasteiger partial charge in [-0.05, 0) is 6.42 Å². The molecular formula is C7H11NO3S. The Morgan fingerprint density at radius 1 is 1.50 bits per heavy atom. The minimum atomic E-state index is -0.417. The van der Waals surface area contributed by atoms with Gasteiger partial charge in [0.25, 0.3) is 5.12 Å². The number of hydrogen-bond acceptors (Lipinski definition) is 4. The van der Waals surface area contributed by atoms with E-state index in [0.29, 0.717) is 25.3 Å². The molecule has 1 heterocycles. The lowest BCUT2D eigenvalue weighted by Gasteiger charge is -2.24. The molecule has 0 spiro atoms. The van der Waals surface area contributed by atoms with E-state index in [1.807, 2.05) is 0 Å². The Labute approximate surface area is 74.9 Å². The van der Waals surface area contributed by atoms with Crippen LogP contribution >= 0.6 is 11.8 Å². The fraction of sp³-hybridized carbons (Fsp3) is 0.714. The Kier molecular flexibility index (Phi) is 3.55. The van der Waals surface area contributed by atoms with E-state index in [2.05, 4.69) is 0 Å². The highest BCUT2D eigenvalue weighted by Crippen LogP contribution is 2.12. The van der Waals surface area contributed by atoms with Crippen LogP contribution in [0, 0.1) is 0 Å². The van der Waals surface area contributed by atoms with Crippen LogP contribution in [0.15, 0.2) is 0 Å². The van der Waals surface area contributed by atoms with Crippen LogP contribution in [0.1, 0.15) is 6.42 Å². The van der Waals surface area contributed by atoms with Gasteiger partial charge < -0.3 is 10.0 Å². The van der Waals surface area contributed by atoms with Crippen molar-refractivity contribution in [1.29, 1.82) is 0 Å². The van der Waals surface area contributed by atoms with Gasteiger partial charge in [-0.15, -0.1) is 0 Å². The summed E-state index contributed by atoms with van der Waals surface area (Å²) < 4.78 is 0. The number of nitrogens with zero attached hydrogens (tertiary/aromatic N) is 1. The minimum Gasteiger partial charge on any atom is -0.396 e. The molecule has 1 aliphatic rings. The van der Waals surface area contributed by atoms with E-state index in [1.165, 1.54) is 4.90 Å². The molecule has 0 aromatic carbocycles. The van der Waals surface area contributed by atoms with E-state index in [4.69, 9.17) is 5.11 Å². The number of aliphatic hydroxyl groups excluding tert-OH is 1. The first-order valence-electron chi connectivity index (χ1n) is 3.82. The number of hydrogen-bond donors (Lipinski definition) is 1. The zero-order valence-electron chi connectivity index (χ0n) is 6.65. The molecule has 0 aliphatic carbocycles. The van der Waals surface area contributed by atoms with Crippen LogP contribution in [0.4, 0.5) is 0 Å². The molecule has 0 radical (unpaired) electrons. The van der Waals surface area contributed by atoms with Gasteiger partial charge in [0.15, 0.2) is 0 Å². The van der Waals surface area contributed by atoms with Gasteiger partial charge in [0, 0.05) is 25.4 Å². The highest BCUT2D eigenvalue weighted by molar-refractivity contribution is 8.15. The quantitative estimate of drug-likeness (QED) is 0.606. The first-order chi connectivity index (χ1) is 5.75. The lowest BCUT2D eigenvalue weighted by molar-refractivity contribution is -0.140. The van der Waals surface area contributed by atoms with Crippen molar-refractivity contribution in [3.63, 3.8) is 0 Å². The van der Waals surface area contributed by atoms with Gasteiger partial charge >= 0.3 is 5.91 Å². The first kappa shape index (κ1) is 9.54. The lowest BCUT2D eigenvalue weighted by atomic mass is 10.4. The van der Waals surface area contributed by atoms with Gasteiger partial charge in [-0.1, -0.05) is 11.8 Å². The molecule has 1 rings (SSSR count). The maximum absolute atomic E-state index is 11.1. The molecule has 4 nitrogen and oxygen atoms in total. The third-order valence-corrected chi connectivity index (χ3v) is 2.47. The zero-order chi connectivity index (χ0) is 8.97. The molecule has 0 unspecified atom stereocenters. The van der Waals surface area contributed by atoms with Crippen molar-refractivity contribution in [3.8, 4) is 0 Å². The number of amides is 1. The maximum atomic E-state index is 11.1. The van der Waals surface area contributed by atoms with E-state index in [1.54, 1.807) is 0 Å². The van der Waals surface area contributed by atoms with Crippen molar-refractivity contribution in [3.05, 3.63) is 0 Å². The summed E-state index contributed by atoms with van der Waals surface area (Å²) in [6.07, 6.45) is 0.545. The van der Waals surface area contributed by atoms with Crippen molar-refractivity contribution in [2.24, 2.45) is 0 Å². The number of carbonyl (C=O) groups is 2. The fourth-order valence-electron chi connectivity index (χ4n) is 1.02. The van der Waals surface area contributed by atoms with Crippen molar-refractivity contribution in [2.45, 2.75) is 6.42 Å². The van der Waals surface area contributed by atoms with Gasteiger partial charge in [-0.3, -0.25) is 9.59 Å². The Bertz CT molecular complexity index is 195. The second-order valence-electron chi connectivity index (χ2n) is 2.51. The Morgan fingerprint density at radius 3 is 2.92 bits per heavy atom. The molecule has 1 aliphatic heterocycles. The number of thioether (sulfide) groups is 1. The van der Waals surface area contributed by atoms with Gasteiger partial charge in [-0.25, -0.2) is 0 Å². The smallest absolute Gasteiger partial charge is 0.301 e. The zero-order valence-corrected chi connectivity index (χ0v) is 7.47. The Hall–Kier alpha value is -0.550. The normalized spacial score (nSPS) is 18.6.